The Bertz CT molecular complexity index is 1030. The fourth-order valence-corrected chi connectivity index (χ4v) is 3.47. The van der Waals surface area contributed by atoms with Crippen LogP contribution in [0.1, 0.15) is 40.6 Å². The SMILES string of the molecule is Cc1cccc(C(=O)N2CCC(n3nnc4c(=O)[nH]c(C)nc43)CC2)c1. The number of aromatic nitrogens is 5. The summed E-state index contributed by atoms with van der Waals surface area (Å²) in [5.74, 6) is 0.596. The second-order valence-corrected chi connectivity index (χ2v) is 6.75. The first-order valence-electron chi connectivity index (χ1n) is 8.70. The molecule has 1 aliphatic rings. The average molecular weight is 352 g/mol. The van der Waals surface area contributed by atoms with Crippen LogP contribution in [-0.4, -0.2) is 48.9 Å². The highest BCUT2D eigenvalue weighted by Gasteiger charge is 2.27. The molecule has 134 valence electrons. The molecule has 1 aliphatic heterocycles. The Morgan fingerprint density at radius 3 is 2.73 bits per heavy atom. The van der Waals surface area contributed by atoms with Crippen LogP contribution in [0.4, 0.5) is 0 Å². The zero-order chi connectivity index (χ0) is 18.3. The van der Waals surface area contributed by atoms with Crippen LogP contribution in [0, 0.1) is 13.8 Å². The van der Waals surface area contributed by atoms with E-state index in [1.807, 2.05) is 36.1 Å². The van der Waals surface area contributed by atoms with E-state index in [4.69, 9.17) is 0 Å². The fraction of sp³-hybridized carbons (Fsp3) is 0.389. The first kappa shape index (κ1) is 16.4. The number of carbonyl (C=O) groups is 1. The van der Waals surface area contributed by atoms with Crippen LogP contribution in [0.25, 0.3) is 11.2 Å². The number of hydrogen-bond acceptors (Lipinski definition) is 5. The van der Waals surface area contributed by atoms with Crippen LogP contribution in [0.2, 0.25) is 0 Å². The highest BCUT2D eigenvalue weighted by atomic mass is 16.2. The number of hydrogen-bond donors (Lipinski definition) is 1. The van der Waals surface area contributed by atoms with Crippen LogP contribution in [0.3, 0.4) is 0 Å². The average Bonchev–Trinajstić information content (AvgIpc) is 3.05. The number of H-pyrrole nitrogens is 1. The molecule has 1 fully saturated rings. The lowest BCUT2D eigenvalue weighted by Crippen LogP contribution is -2.39. The number of aryl methyl sites for hydroxylation is 2. The maximum absolute atomic E-state index is 12.7. The monoisotopic (exact) mass is 352 g/mol. The molecule has 0 spiro atoms. The molecular weight excluding hydrogens is 332 g/mol. The number of fused-ring (bicyclic) bond motifs is 1. The summed E-state index contributed by atoms with van der Waals surface area (Å²) in [4.78, 5) is 33.5. The number of carbonyl (C=O) groups excluding carboxylic acids is 1. The molecule has 0 radical (unpaired) electrons. The molecule has 0 atom stereocenters. The maximum atomic E-state index is 12.7. The summed E-state index contributed by atoms with van der Waals surface area (Å²) in [5, 5.41) is 8.11. The van der Waals surface area contributed by atoms with E-state index < -0.39 is 0 Å². The normalized spacial score (nSPS) is 15.5. The van der Waals surface area contributed by atoms with Crippen molar-refractivity contribution in [1.82, 2.24) is 29.9 Å². The highest BCUT2D eigenvalue weighted by Crippen LogP contribution is 2.25. The number of amides is 1. The van der Waals surface area contributed by atoms with Gasteiger partial charge in [-0.3, -0.25) is 9.59 Å². The summed E-state index contributed by atoms with van der Waals surface area (Å²) in [6, 6.07) is 7.73. The molecule has 8 nitrogen and oxygen atoms in total. The summed E-state index contributed by atoms with van der Waals surface area (Å²) in [7, 11) is 0. The third-order valence-electron chi connectivity index (χ3n) is 4.82. The van der Waals surface area contributed by atoms with E-state index in [0.717, 1.165) is 24.0 Å². The zero-order valence-corrected chi connectivity index (χ0v) is 14.8. The molecule has 0 saturated carbocycles. The zero-order valence-electron chi connectivity index (χ0n) is 14.8. The van der Waals surface area contributed by atoms with Gasteiger partial charge in [0.25, 0.3) is 11.5 Å². The van der Waals surface area contributed by atoms with E-state index in [0.29, 0.717) is 24.6 Å². The molecule has 4 rings (SSSR count). The van der Waals surface area contributed by atoms with Crippen LogP contribution in [-0.2, 0) is 0 Å². The second kappa shape index (κ2) is 6.36. The maximum Gasteiger partial charge on any atom is 0.281 e. The number of nitrogens with zero attached hydrogens (tertiary/aromatic N) is 5. The predicted molar refractivity (Wildman–Crippen MR) is 96.0 cm³/mol. The Balaban J connectivity index is 1.52. The summed E-state index contributed by atoms with van der Waals surface area (Å²) >= 11 is 0. The topological polar surface area (TPSA) is 96.8 Å². The lowest BCUT2D eigenvalue weighted by atomic mass is 10.0. The molecule has 3 aromatic rings. The number of aromatic amines is 1. The Morgan fingerprint density at radius 2 is 2.00 bits per heavy atom. The number of likely N-dealkylation sites (tertiary alicyclic amines) is 1. The van der Waals surface area contributed by atoms with Gasteiger partial charge < -0.3 is 9.88 Å². The minimum atomic E-state index is -0.272. The van der Waals surface area contributed by atoms with Gasteiger partial charge in [0.05, 0.1) is 6.04 Å². The van der Waals surface area contributed by atoms with Gasteiger partial charge in [0, 0.05) is 18.7 Å². The van der Waals surface area contributed by atoms with Gasteiger partial charge in [0.1, 0.15) is 5.82 Å². The molecule has 0 aliphatic carbocycles. The Morgan fingerprint density at radius 1 is 1.23 bits per heavy atom. The number of piperidine rings is 1. The van der Waals surface area contributed by atoms with Crippen molar-refractivity contribution < 1.29 is 4.79 Å². The van der Waals surface area contributed by atoms with Crippen LogP contribution in [0.5, 0.6) is 0 Å². The molecule has 8 heteroatoms. The third-order valence-corrected chi connectivity index (χ3v) is 4.82. The molecule has 0 unspecified atom stereocenters. The minimum absolute atomic E-state index is 0.0565. The van der Waals surface area contributed by atoms with Gasteiger partial charge in [-0.15, -0.1) is 5.10 Å². The van der Waals surface area contributed by atoms with Crippen LogP contribution >= 0.6 is 0 Å². The first-order valence-corrected chi connectivity index (χ1v) is 8.70. The largest absolute Gasteiger partial charge is 0.338 e. The van der Waals surface area contributed by atoms with E-state index in [1.54, 1.807) is 11.6 Å². The summed E-state index contributed by atoms with van der Waals surface area (Å²) in [6.45, 7) is 5.00. The van der Waals surface area contributed by atoms with Crippen molar-refractivity contribution in [2.45, 2.75) is 32.7 Å². The van der Waals surface area contributed by atoms with E-state index in [1.165, 1.54) is 0 Å². The van der Waals surface area contributed by atoms with Crippen molar-refractivity contribution in [3.8, 4) is 0 Å². The predicted octanol–water partition coefficient (Wildman–Crippen LogP) is 1.61. The molecule has 0 bridgehead atoms. The number of nitrogens with one attached hydrogen (secondary N) is 1. The Labute approximate surface area is 149 Å². The highest BCUT2D eigenvalue weighted by molar-refractivity contribution is 5.94. The van der Waals surface area contributed by atoms with Gasteiger partial charge in [0.15, 0.2) is 11.2 Å². The van der Waals surface area contributed by atoms with Crippen molar-refractivity contribution in [3.05, 3.63) is 51.6 Å². The quantitative estimate of drug-likeness (QED) is 0.756. The summed E-state index contributed by atoms with van der Waals surface area (Å²) in [5.41, 5.74) is 2.29. The van der Waals surface area contributed by atoms with Gasteiger partial charge in [0.2, 0.25) is 0 Å². The Kier molecular flexibility index (Phi) is 4.02. The summed E-state index contributed by atoms with van der Waals surface area (Å²) < 4.78 is 1.73. The van der Waals surface area contributed by atoms with Gasteiger partial charge in [-0.05, 0) is 38.8 Å². The van der Waals surface area contributed by atoms with E-state index in [-0.39, 0.29) is 23.0 Å². The lowest BCUT2D eigenvalue weighted by Gasteiger charge is -2.32. The van der Waals surface area contributed by atoms with Crippen LogP contribution in [0.15, 0.2) is 29.1 Å². The molecule has 1 saturated heterocycles. The van der Waals surface area contributed by atoms with Gasteiger partial charge >= 0.3 is 0 Å². The molecule has 1 aromatic carbocycles. The molecule has 1 amide bonds. The lowest BCUT2D eigenvalue weighted by molar-refractivity contribution is 0.0690. The van der Waals surface area contributed by atoms with Crippen molar-refractivity contribution in [2.75, 3.05) is 13.1 Å². The minimum Gasteiger partial charge on any atom is -0.338 e. The standard InChI is InChI=1S/C18H20N6O2/c1-11-4-3-5-13(10-11)18(26)23-8-6-14(7-9-23)24-16-15(21-22-24)17(25)20-12(2)19-16/h3-5,10,14H,6-9H2,1-2H3,(H,19,20,25). The van der Waals surface area contributed by atoms with Crippen molar-refractivity contribution >= 4 is 17.1 Å². The Hall–Kier alpha value is -3.03. The molecule has 3 heterocycles. The fourth-order valence-electron chi connectivity index (χ4n) is 3.47. The van der Waals surface area contributed by atoms with E-state index in [9.17, 15) is 9.59 Å². The van der Waals surface area contributed by atoms with Gasteiger partial charge in [-0.1, -0.05) is 22.9 Å². The smallest absolute Gasteiger partial charge is 0.281 e. The van der Waals surface area contributed by atoms with Crippen molar-refractivity contribution in [2.24, 2.45) is 0 Å². The van der Waals surface area contributed by atoms with Gasteiger partial charge in [-0.25, -0.2) is 9.67 Å². The van der Waals surface area contributed by atoms with Crippen LogP contribution < -0.4 is 5.56 Å². The van der Waals surface area contributed by atoms with E-state index in [2.05, 4.69) is 20.3 Å². The second-order valence-electron chi connectivity index (χ2n) is 6.75. The van der Waals surface area contributed by atoms with Crippen molar-refractivity contribution in [1.29, 1.82) is 0 Å². The first-order chi connectivity index (χ1) is 12.5. The molecule has 2 aromatic heterocycles. The number of benzene rings is 1. The summed E-state index contributed by atoms with van der Waals surface area (Å²) in [6.07, 6.45) is 1.51. The van der Waals surface area contributed by atoms with Gasteiger partial charge in [-0.2, -0.15) is 0 Å². The number of rotatable bonds is 2. The molecule has 1 N–H and O–H groups in total. The van der Waals surface area contributed by atoms with Crippen molar-refractivity contribution in [3.63, 3.8) is 0 Å². The van der Waals surface area contributed by atoms with E-state index >= 15 is 0 Å². The third kappa shape index (κ3) is 2.87. The molecule has 26 heavy (non-hydrogen) atoms. The molecular formula is C18H20N6O2.